The van der Waals surface area contributed by atoms with Gasteiger partial charge in [0.15, 0.2) is 0 Å². The summed E-state index contributed by atoms with van der Waals surface area (Å²) in [4.78, 5) is 35.0. The molecule has 0 unspecified atom stereocenters. The van der Waals surface area contributed by atoms with Gasteiger partial charge in [-0.2, -0.15) is 0 Å². The first-order chi connectivity index (χ1) is 14.1. The zero-order chi connectivity index (χ0) is 20.2. The number of nitrogens with one attached hydrogen (secondary N) is 1. The predicted molar refractivity (Wildman–Crippen MR) is 111 cm³/mol. The van der Waals surface area contributed by atoms with Gasteiger partial charge in [-0.05, 0) is 37.1 Å². The monoisotopic (exact) mass is 389 g/mol. The average molecular weight is 389 g/mol. The van der Waals surface area contributed by atoms with Crippen LogP contribution in [0.4, 0.5) is 0 Å². The van der Waals surface area contributed by atoms with E-state index in [1.54, 1.807) is 12.4 Å². The normalized spacial score (nSPS) is 15.3. The molecule has 0 bridgehead atoms. The molecule has 7 nitrogen and oxygen atoms in total. The van der Waals surface area contributed by atoms with E-state index in [4.69, 9.17) is 10.7 Å². The van der Waals surface area contributed by atoms with Crippen molar-refractivity contribution in [3.8, 4) is 11.3 Å². The molecule has 1 aliphatic heterocycles. The molecular weight excluding hydrogens is 366 g/mol. The van der Waals surface area contributed by atoms with Crippen LogP contribution in [0.5, 0.6) is 0 Å². The van der Waals surface area contributed by atoms with E-state index < -0.39 is 0 Å². The summed E-state index contributed by atoms with van der Waals surface area (Å²) in [6, 6.07) is 13.3. The number of aromatic nitrogens is 2. The highest BCUT2D eigenvalue weighted by atomic mass is 16.2. The van der Waals surface area contributed by atoms with E-state index in [9.17, 15) is 9.59 Å². The van der Waals surface area contributed by atoms with Gasteiger partial charge in [-0.25, -0.2) is 4.98 Å². The molecule has 1 aromatic carbocycles. The number of carbonyl (C=O) groups excluding carboxylic acids is 2. The highest BCUT2D eigenvalue weighted by Gasteiger charge is 2.23. The lowest BCUT2D eigenvalue weighted by molar-refractivity contribution is -0.119. The minimum absolute atomic E-state index is 0.0722. The molecule has 3 heterocycles. The number of primary amides is 1. The maximum atomic E-state index is 13.1. The van der Waals surface area contributed by atoms with Crippen LogP contribution >= 0.6 is 0 Å². The van der Waals surface area contributed by atoms with Gasteiger partial charge in [0, 0.05) is 42.5 Å². The van der Waals surface area contributed by atoms with Crippen molar-refractivity contribution in [2.45, 2.75) is 18.9 Å². The van der Waals surface area contributed by atoms with Gasteiger partial charge in [-0.15, -0.1) is 0 Å². The van der Waals surface area contributed by atoms with Crippen LogP contribution in [0.15, 0.2) is 54.9 Å². The van der Waals surface area contributed by atoms with Gasteiger partial charge >= 0.3 is 0 Å². The first-order valence-corrected chi connectivity index (χ1v) is 9.72. The van der Waals surface area contributed by atoms with E-state index in [2.05, 4.69) is 10.3 Å². The van der Waals surface area contributed by atoms with E-state index >= 15 is 0 Å². The van der Waals surface area contributed by atoms with Crippen molar-refractivity contribution >= 4 is 22.7 Å². The maximum absolute atomic E-state index is 13.1. The molecule has 1 aliphatic rings. The number of fused-ring (bicyclic) bond motifs is 1. The van der Waals surface area contributed by atoms with Crippen LogP contribution in [-0.4, -0.2) is 52.4 Å². The number of rotatable bonds is 5. The van der Waals surface area contributed by atoms with Crippen molar-refractivity contribution in [3.63, 3.8) is 0 Å². The second-order valence-electron chi connectivity index (χ2n) is 7.30. The number of amides is 2. The van der Waals surface area contributed by atoms with E-state index in [0.717, 1.165) is 48.1 Å². The van der Waals surface area contributed by atoms with Crippen LogP contribution < -0.4 is 11.1 Å². The topological polar surface area (TPSA) is 101 Å². The highest BCUT2D eigenvalue weighted by Crippen LogP contribution is 2.25. The van der Waals surface area contributed by atoms with Gasteiger partial charge in [-0.3, -0.25) is 19.5 Å². The summed E-state index contributed by atoms with van der Waals surface area (Å²) in [7, 11) is 0. The Morgan fingerprint density at radius 2 is 1.83 bits per heavy atom. The van der Waals surface area contributed by atoms with Gasteiger partial charge < -0.3 is 11.1 Å². The van der Waals surface area contributed by atoms with Crippen LogP contribution in [0.1, 0.15) is 23.2 Å². The fraction of sp³-hybridized carbons (Fsp3) is 0.273. The molecule has 7 heteroatoms. The number of carbonyl (C=O) groups is 2. The third-order valence-electron chi connectivity index (χ3n) is 5.24. The Bertz CT molecular complexity index is 1030. The number of hydrogen-bond acceptors (Lipinski definition) is 5. The van der Waals surface area contributed by atoms with Crippen LogP contribution in [-0.2, 0) is 4.79 Å². The fourth-order valence-corrected chi connectivity index (χ4v) is 3.75. The molecule has 0 aliphatic carbocycles. The van der Waals surface area contributed by atoms with Crippen molar-refractivity contribution in [2.24, 2.45) is 5.73 Å². The number of nitrogens with two attached hydrogens (primary N) is 1. The van der Waals surface area contributed by atoms with Crippen molar-refractivity contribution in [2.75, 3.05) is 19.6 Å². The summed E-state index contributed by atoms with van der Waals surface area (Å²) in [5.74, 6) is -0.424. The highest BCUT2D eigenvalue weighted by molar-refractivity contribution is 6.07. The fourth-order valence-electron chi connectivity index (χ4n) is 3.75. The lowest BCUT2D eigenvalue weighted by Gasteiger charge is -2.31. The van der Waals surface area contributed by atoms with E-state index in [1.807, 2.05) is 47.4 Å². The Morgan fingerprint density at radius 1 is 1.10 bits per heavy atom. The second kappa shape index (κ2) is 8.36. The molecule has 29 heavy (non-hydrogen) atoms. The molecule has 0 radical (unpaired) electrons. The molecule has 1 saturated heterocycles. The zero-order valence-corrected chi connectivity index (χ0v) is 16.0. The van der Waals surface area contributed by atoms with E-state index in [1.165, 1.54) is 0 Å². The molecule has 1 fully saturated rings. The van der Waals surface area contributed by atoms with Crippen LogP contribution in [0, 0.1) is 0 Å². The molecular formula is C22H23N5O2. The summed E-state index contributed by atoms with van der Waals surface area (Å²) in [5, 5.41) is 3.99. The van der Waals surface area contributed by atoms with Crippen LogP contribution in [0.3, 0.4) is 0 Å². The number of pyridine rings is 2. The van der Waals surface area contributed by atoms with Crippen molar-refractivity contribution in [1.82, 2.24) is 20.2 Å². The van der Waals surface area contributed by atoms with Gasteiger partial charge in [0.05, 0.1) is 23.3 Å². The molecule has 2 amide bonds. The largest absolute Gasteiger partial charge is 0.369 e. The molecule has 3 N–H and O–H groups in total. The number of piperidine rings is 1. The Morgan fingerprint density at radius 3 is 2.55 bits per heavy atom. The van der Waals surface area contributed by atoms with Crippen LogP contribution in [0.2, 0.25) is 0 Å². The smallest absolute Gasteiger partial charge is 0.252 e. The van der Waals surface area contributed by atoms with Gasteiger partial charge in [0.25, 0.3) is 5.91 Å². The molecule has 4 rings (SSSR count). The number of hydrogen-bond donors (Lipinski definition) is 2. The zero-order valence-electron chi connectivity index (χ0n) is 16.0. The van der Waals surface area contributed by atoms with Gasteiger partial charge in [0.2, 0.25) is 5.91 Å². The van der Waals surface area contributed by atoms with Crippen molar-refractivity contribution in [3.05, 3.63) is 60.4 Å². The third-order valence-corrected chi connectivity index (χ3v) is 5.24. The lowest BCUT2D eigenvalue weighted by atomic mass is 10.0. The summed E-state index contributed by atoms with van der Waals surface area (Å²) >= 11 is 0. The molecule has 0 saturated carbocycles. The predicted octanol–water partition coefficient (Wildman–Crippen LogP) is 1.98. The number of benzene rings is 1. The number of likely N-dealkylation sites (tertiary alicyclic amines) is 1. The van der Waals surface area contributed by atoms with E-state index in [-0.39, 0.29) is 24.4 Å². The Balaban J connectivity index is 1.57. The molecule has 3 aromatic rings. The van der Waals surface area contributed by atoms with Crippen LogP contribution in [0.25, 0.3) is 22.2 Å². The minimum Gasteiger partial charge on any atom is -0.369 e. The second-order valence-corrected chi connectivity index (χ2v) is 7.30. The van der Waals surface area contributed by atoms with Crippen molar-refractivity contribution < 1.29 is 9.59 Å². The Hall–Kier alpha value is -3.32. The average Bonchev–Trinajstić information content (AvgIpc) is 2.74. The first kappa shape index (κ1) is 19.0. The molecule has 0 atom stereocenters. The minimum atomic E-state index is -0.320. The van der Waals surface area contributed by atoms with E-state index in [0.29, 0.717) is 5.56 Å². The summed E-state index contributed by atoms with van der Waals surface area (Å²) < 4.78 is 0. The van der Waals surface area contributed by atoms with Gasteiger partial charge in [-0.1, -0.05) is 18.2 Å². The Labute approximate surface area is 168 Å². The molecule has 2 aromatic heterocycles. The maximum Gasteiger partial charge on any atom is 0.252 e. The van der Waals surface area contributed by atoms with Crippen molar-refractivity contribution in [1.29, 1.82) is 0 Å². The Kier molecular flexibility index (Phi) is 5.48. The summed E-state index contributed by atoms with van der Waals surface area (Å²) in [6.45, 7) is 1.76. The summed E-state index contributed by atoms with van der Waals surface area (Å²) in [5.41, 5.74) is 8.32. The molecule has 148 valence electrons. The standard InChI is InChI=1S/C22H23N5O2/c23-21(28)14-27-11-7-16(8-12-27)25-22(29)18-13-20(15-5-9-24-10-6-15)26-19-4-2-1-3-17(18)19/h1-6,9-10,13,16H,7-8,11-12,14H2,(H2,23,28)(H,25,29). The third kappa shape index (κ3) is 4.41. The lowest BCUT2D eigenvalue weighted by Crippen LogP contribution is -2.46. The number of nitrogens with zero attached hydrogens (tertiary/aromatic N) is 3. The molecule has 0 spiro atoms. The summed E-state index contributed by atoms with van der Waals surface area (Å²) in [6.07, 6.45) is 5.01. The number of para-hydroxylation sites is 1. The SMILES string of the molecule is NC(=O)CN1CCC(NC(=O)c2cc(-c3ccncc3)nc3ccccc23)CC1. The first-order valence-electron chi connectivity index (χ1n) is 9.72. The van der Waals surface area contributed by atoms with Gasteiger partial charge in [0.1, 0.15) is 0 Å². The quantitative estimate of drug-likeness (QED) is 0.695.